The highest BCUT2D eigenvalue weighted by Gasteiger charge is 2.33. The first-order valence-corrected chi connectivity index (χ1v) is 12.6. The predicted octanol–water partition coefficient (Wildman–Crippen LogP) is 4.06. The lowest BCUT2D eigenvalue weighted by atomic mass is 9.88. The maximum atomic E-state index is 13.0. The van der Waals surface area contributed by atoms with Crippen LogP contribution in [0.4, 0.5) is 0 Å². The first-order chi connectivity index (χ1) is 16.5. The molecular formula is C27H32ClN3O3. The van der Waals surface area contributed by atoms with Crippen LogP contribution in [0.5, 0.6) is 0 Å². The predicted molar refractivity (Wildman–Crippen MR) is 132 cm³/mol. The van der Waals surface area contributed by atoms with E-state index in [-0.39, 0.29) is 35.7 Å². The number of amides is 3. The Morgan fingerprint density at radius 2 is 1.35 bits per heavy atom. The summed E-state index contributed by atoms with van der Waals surface area (Å²) in [5.74, 6) is -0.333. The molecule has 0 unspecified atom stereocenters. The Bertz CT molecular complexity index is 977. The summed E-state index contributed by atoms with van der Waals surface area (Å²) in [5.41, 5.74) is 1.42. The zero-order chi connectivity index (χ0) is 23.9. The maximum absolute atomic E-state index is 13.0. The number of rotatable bonds is 6. The van der Waals surface area contributed by atoms with Gasteiger partial charge in [-0.15, -0.1) is 11.6 Å². The smallest absolute Gasteiger partial charge is 0.251 e. The van der Waals surface area contributed by atoms with Gasteiger partial charge in [0.1, 0.15) is 5.38 Å². The lowest BCUT2D eigenvalue weighted by Crippen LogP contribution is -2.55. The van der Waals surface area contributed by atoms with Crippen LogP contribution in [-0.4, -0.2) is 47.8 Å². The molecule has 4 rings (SSSR count). The molecule has 0 radical (unpaired) electrons. The van der Waals surface area contributed by atoms with E-state index in [1.54, 1.807) is 17.0 Å². The number of nitrogens with one attached hydrogen (secondary N) is 2. The summed E-state index contributed by atoms with van der Waals surface area (Å²) in [6, 6.07) is 18.4. The molecule has 3 atom stereocenters. The van der Waals surface area contributed by atoms with Gasteiger partial charge >= 0.3 is 0 Å². The second-order valence-corrected chi connectivity index (χ2v) is 9.65. The van der Waals surface area contributed by atoms with Crippen LogP contribution in [0.3, 0.4) is 0 Å². The van der Waals surface area contributed by atoms with Crippen LogP contribution >= 0.6 is 11.6 Å². The summed E-state index contributed by atoms with van der Waals surface area (Å²) in [4.78, 5) is 40.2. The van der Waals surface area contributed by atoms with E-state index in [2.05, 4.69) is 10.6 Å². The number of benzene rings is 2. The van der Waals surface area contributed by atoms with Gasteiger partial charge in [0.05, 0.1) is 0 Å². The summed E-state index contributed by atoms with van der Waals surface area (Å²) in [6.45, 7) is 1.04. The minimum atomic E-state index is -0.706. The molecule has 3 amide bonds. The number of halogens is 1. The fourth-order valence-electron chi connectivity index (χ4n) is 4.91. The van der Waals surface area contributed by atoms with Crippen LogP contribution in [-0.2, 0) is 9.59 Å². The lowest BCUT2D eigenvalue weighted by molar-refractivity contribution is -0.135. The molecular weight excluding hydrogens is 450 g/mol. The summed E-state index contributed by atoms with van der Waals surface area (Å²) < 4.78 is 0. The monoisotopic (exact) mass is 481 g/mol. The lowest BCUT2D eigenvalue weighted by Gasteiger charge is -2.36. The molecule has 6 nitrogen and oxygen atoms in total. The molecule has 2 fully saturated rings. The van der Waals surface area contributed by atoms with E-state index in [1.807, 2.05) is 48.5 Å². The third-order valence-electron chi connectivity index (χ3n) is 6.93. The van der Waals surface area contributed by atoms with Crippen molar-refractivity contribution in [1.29, 1.82) is 0 Å². The van der Waals surface area contributed by atoms with Gasteiger partial charge in [0.15, 0.2) is 0 Å². The first-order valence-electron chi connectivity index (χ1n) is 12.2. The highest BCUT2D eigenvalue weighted by molar-refractivity contribution is 6.30. The number of carbonyl (C=O) groups is 3. The van der Waals surface area contributed by atoms with Crippen molar-refractivity contribution in [2.24, 2.45) is 5.92 Å². The second kappa shape index (κ2) is 11.5. The van der Waals surface area contributed by atoms with E-state index < -0.39 is 5.38 Å². The van der Waals surface area contributed by atoms with E-state index >= 15 is 0 Å². The summed E-state index contributed by atoms with van der Waals surface area (Å²) in [6.07, 6.45) is 5.01. The molecule has 1 aliphatic heterocycles. The molecule has 1 heterocycles. The van der Waals surface area contributed by atoms with Gasteiger partial charge in [-0.05, 0) is 43.4 Å². The van der Waals surface area contributed by atoms with Gasteiger partial charge in [-0.1, -0.05) is 61.4 Å². The van der Waals surface area contributed by atoms with E-state index in [0.29, 0.717) is 31.5 Å². The van der Waals surface area contributed by atoms with Crippen molar-refractivity contribution in [3.63, 3.8) is 0 Å². The molecule has 0 spiro atoms. The molecule has 1 saturated heterocycles. The Morgan fingerprint density at radius 1 is 0.794 bits per heavy atom. The van der Waals surface area contributed by atoms with E-state index in [9.17, 15) is 14.4 Å². The molecule has 1 saturated carbocycles. The van der Waals surface area contributed by atoms with Gasteiger partial charge in [0.2, 0.25) is 11.8 Å². The first kappa shape index (κ1) is 24.3. The molecule has 180 valence electrons. The minimum Gasteiger partial charge on any atom is -0.351 e. The molecule has 0 aromatic heterocycles. The second-order valence-electron chi connectivity index (χ2n) is 9.22. The minimum absolute atomic E-state index is 0.0171. The van der Waals surface area contributed by atoms with Crippen LogP contribution in [0, 0.1) is 5.92 Å². The van der Waals surface area contributed by atoms with E-state index in [1.165, 1.54) is 0 Å². The van der Waals surface area contributed by atoms with E-state index in [0.717, 1.165) is 31.2 Å². The van der Waals surface area contributed by atoms with Crippen molar-refractivity contribution in [3.05, 3.63) is 71.8 Å². The topological polar surface area (TPSA) is 78.5 Å². The van der Waals surface area contributed by atoms with Crippen molar-refractivity contribution in [3.8, 4) is 0 Å². The number of piperidine rings is 1. The molecule has 2 aromatic rings. The van der Waals surface area contributed by atoms with Crippen molar-refractivity contribution >= 4 is 29.3 Å². The summed E-state index contributed by atoms with van der Waals surface area (Å²) in [5, 5.41) is 5.62. The van der Waals surface area contributed by atoms with Gasteiger partial charge in [-0.2, -0.15) is 0 Å². The van der Waals surface area contributed by atoms with Crippen molar-refractivity contribution in [1.82, 2.24) is 15.5 Å². The van der Waals surface area contributed by atoms with Crippen molar-refractivity contribution in [2.45, 2.75) is 56.0 Å². The SMILES string of the molecule is O=C(N[C@@H]1CCCC[C@H]1NC(=O)C1CCN(C(=O)[C@@H](Cl)c2ccccc2)CC1)c1ccccc1. The van der Waals surface area contributed by atoms with E-state index in [4.69, 9.17) is 11.6 Å². The van der Waals surface area contributed by atoms with Crippen molar-refractivity contribution in [2.75, 3.05) is 13.1 Å². The van der Waals surface area contributed by atoms with Crippen LogP contribution in [0.1, 0.15) is 59.8 Å². The number of hydrogen-bond acceptors (Lipinski definition) is 3. The molecule has 0 bridgehead atoms. The molecule has 34 heavy (non-hydrogen) atoms. The summed E-state index contributed by atoms with van der Waals surface area (Å²) in [7, 11) is 0. The van der Waals surface area contributed by atoms with Gasteiger partial charge in [-0.25, -0.2) is 0 Å². The van der Waals surface area contributed by atoms with Crippen LogP contribution in [0.15, 0.2) is 60.7 Å². The fourth-order valence-corrected chi connectivity index (χ4v) is 5.19. The highest BCUT2D eigenvalue weighted by Crippen LogP contribution is 2.27. The standard InChI is InChI=1S/C27H32ClN3O3/c28-24(19-9-3-1-4-10-19)27(34)31-17-15-21(16-18-31)26(33)30-23-14-8-7-13-22(23)29-25(32)20-11-5-2-6-12-20/h1-6,9-12,21-24H,7-8,13-18H2,(H,29,32)(H,30,33)/t22-,23-,24+/m1/s1. The van der Waals surface area contributed by atoms with Gasteiger partial charge in [0.25, 0.3) is 5.91 Å². The fraction of sp³-hybridized carbons (Fsp3) is 0.444. The number of likely N-dealkylation sites (tertiary alicyclic amines) is 1. The highest BCUT2D eigenvalue weighted by atomic mass is 35.5. The van der Waals surface area contributed by atoms with Crippen molar-refractivity contribution < 1.29 is 14.4 Å². The van der Waals surface area contributed by atoms with Gasteiger partial charge < -0.3 is 15.5 Å². The molecule has 2 aliphatic rings. The Morgan fingerprint density at radius 3 is 1.97 bits per heavy atom. The van der Waals surface area contributed by atoms with Gasteiger partial charge in [-0.3, -0.25) is 14.4 Å². The largest absolute Gasteiger partial charge is 0.351 e. The van der Waals surface area contributed by atoms with Gasteiger partial charge in [0, 0.05) is 36.7 Å². The molecule has 2 N–H and O–H groups in total. The summed E-state index contributed by atoms with van der Waals surface area (Å²) >= 11 is 6.41. The quantitative estimate of drug-likeness (QED) is 0.610. The third kappa shape index (κ3) is 5.98. The number of nitrogens with zero attached hydrogens (tertiary/aromatic N) is 1. The third-order valence-corrected chi connectivity index (χ3v) is 7.37. The molecule has 2 aromatic carbocycles. The van der Waals surface area contributed by atoms with Crippen LogP contribution < -0.4 is 10.6 Å². The zero-order valence-electron chi connectivity index (χ0n) is 19.3. The average molecular weight is 482 g/mol. The normalized spacial score (nSPS) is 22.0. The number of hydrogen-bond donors (Lipinski definition) is 2. The Kier molecular flexibility index (Phi) is 8.22. The number of alkyl halides is 1. The zero-order valence-corrected chi connectivity index (χ0v) is 20.0. The average Bonchev–Trinajstić information content (AvgIpc) is 2.90. The Balaban J connectivity index is 1.28. The Hall–Kier alpha value is -2.86. The Labute approximate surface area is 206 Å². The number of carbonyl (C=O) groups excluding carboxylic acids is 3. The maximum Gasteiger partial charge on any atom is 0.251 e. The van der Waals surface area contributed by atoms with Crippen LogP contribution in [0.25, 0.3) is 0 Å². The van der Waals surface area contributed by atoms with Crippen LogP contribution in [0.2, 0.25) is 0 Å². The molecule has 1 aliphatic carbocycles. The molecule has 7 heteroatoms.